The zero-order valence-corrected chi connectivity index (χ0v) is 11.3. The second-order valence-corrected chi connectivity index (χ2v) is 4.15. The number of aryl methyl sites for hydroxylation is 1. The van der Waals surface area contributed by atoms with Crippen molar-refractivity contribution >= 4 is 11.6 Å². The summed E-state index contributed by atoms with van der Waals surface area (Å²) in [5.74, 6) is 2.53. The summed E-state index contributed by atoms with van der Waals surface area (Å²) in [5, 5.41) is 14.0. The van der Waals surface area contributed by atoms with E-state index >= 15 is 0 Å². The Labute approximate surface area is 112 Å². The van der Waals surface area contributed by atoms with Crippen LogP contribution in [0.15, 0.2) is 18.5 Å². The summed E-state index contributed by atoms with van der Waals surface area (Å²) in [4.78, 5) is 8.89. The van der Waals surface area contributed by atoms with Crippen LogP contribution < -0.4 is 10.6 Å². The van der Waals surface area contributed by atoms with E-state index in [1.54, 1.807) is 10.9 Å². The van der Waals surface area contributed by atoms with Crippen molar-refractivity contribution in [3.8, 4) is 0 Å². The molecule has 0 bridgehead atoms. The SMILES string of the molecule is CCCc1nc(NC)cc(NCCn2ccnn2)n1. The van der Waals surface area contributed by atoms with E-state index in [9.17, 15) is 0 Å². The third kappa shape index (κ3) is 3.90. The molecule has 102 valence electrons. The molecule has 0 aliphatic heterocycles. The van der Waals surface area contributed by atoms with Crippen molar-refractivity contribution in [2.24, 2.45) is 0 Å². The van der Waals surface area contributed by atoms with Crippen molar-refractivity contribution in [3.63, 3.8) is 0 Å². The molecule has 0 saturated carbocycles. The standard InChI is InChI=1S/C12H19N7/c1-3-4-10-16-11(13-2)9-12(17-10)14-5-7-19-8-6-15-18-19/h6,8-9H,3-5,7H2,1-2H3,(H2,13,14,16,17). The van der Waals surface area contributed by atoms with Gasteiger partial charge in [0, 0.05) is 32.3 Å². The number of nitrogens with one attached hydrogen (secondary N) is 2. The Kier molecular flexibility index (Phi) is 4.66. The van der Waals surface area contributed by atoms with Gasteiger partial charge >= 0.3 is 0 Å². The van der Waals surface area contributed by atoms with Gasteiger partial charge in [-0.25, -0.2) is 9.97 Å². The van der Waals surface area contributed by atoms with Crippen LogP contribution in [0.25, 0.3) is 0 Å². The number of nitrogens with zero attached hydrogens (tertiary/aromatic N) is 5. The van der Waals surface area contributed by atoms with Gasteiger partial charge in [0.25, 0.3) is 0 Å². The normalized spacial score (nSPS) is 10.4. The molecule has 0 atom stereocenters. The van der Waals surface area contributed by atoms with Crippen molar-refractivity contribution in [2.75, 3.05) is 24.2 Å². The lowest BCUT2D eigenvalue weighted by atomic mass is 10.3. The Balaban J connectivity index is 1.96. The molecule has 0 aliphatic rings. The molecular formula is C12H19N7. The highest BCUT2D eigenvalue weighted by atomic mass is 15.4. The third-order valence-electron chi connectivity index (χ3n) is 2.62. The van der Waals surface area contributed by atoms with Gasteiger partial charge in [-0.1, -0.05) is 12.1 Å². The Hall–Kier alpha value is -2.18. The van der Waals surface area contributed by atoms with E-state index in [-0.39, 0.29) is 0 Å². The first-order valence-electron chi connectivity index (χ1n) is 6.45. The highest BCUT2D eigenvalue weighted by Gasteiger charge is 2.03. The summed E-state index contributed by atoms with van der Waals surface area (Å²) in [6.45, 7) is 3.62. The zero-order chi connectivity index (χ0) is 13.5. The average Bonchev–Trinajstić information content (AvgIpc) is 2.92. The largest absolute Gasteiger partial charge is 0.373 e. The smallest absolute Gasteiger partial charge is 0.133 e. The first-order valence-corrected chi connectivity index (χ1v) is 6.45. The number of anilines is 2. The number of aromatic nitrogens is 5. The average molecular weight is 261 g/mol. The van der Waals surface area contributed by atoms with E-state index in [2.05, 4.69) is 37.8 Å². The molecule has 0 unspecified atom stereocenters. The summed E-state index contributed by atoms with van der Waals surface area (Å²) < 4.78 is 1.78. The molecule has 19 heavy (non-hydrogen) atoms. The molecule has 2 aromatic heterocycles. The molecule has 2 rings (SSSR count). The molecule has 0 aromatic carbocycles. The lowest BCUT2D eigenvalue weighted by Crippen LogP contribution is -2.13. The van der Waals surface area contributed by atoms with E-state index in [0.29, 0.717) is 0 Å². The zero-order valence-electron chi connectivity index (χ0n) is 11.3. The van der Waals surface area contributed by atoms with E-state index in [0.717, 1.165) is 43.4 Å². The van der Waals surface area contributed by atoms with Gasteiger partial charge in [0.2, 0.25) is 0 Å². The molecule has 0 radical (unpaired) electrons. The first-order chi connectivity index (χ1) is 9.31. The minimum Gasteiger partial charge on any atom is -0.373 e. The van der Waals surface area contributed by atoms with Crippen LogP contribution in [0.3, 0.4) is 0 Å². The predicted molar refractivity (Wildman–Crippen MR) is 74.1 cm³/mol. The van der Waals surface area contributed by atoms with E-state index in [1.165, 1.54) is 0 Å². The molecule has 2 N–H and O–H groups in total. The lowest BCUT2D eigenvalue weighted by molar-refractivity contribution is 0.608. The van der Waals surface area contributed by atoms with E-state index in [4.69, 9.17) is 0 Å². The van der Waals surface area contributed by atoms with Crippen molar-refractivity contribution in [3.05, 3.63) is 24.3 Å². The number of rotatable bonds is 7. The van der Waals surface area contributed by atoms with Gasteiger partial charge in [0.15, 0.2) is 0 Å². The maximum absolute atomic E-state index is 4.48. The Morgan fingerprint density at radius 3 is 2.79 bits per heavy atom. The van der Waals surface area contributed by atoms with Gasteiger partial charge in [-0.3, -0.25) is 4.68 Å². The van der Waals surface area contributed by atoms with Crippen molar-refractivity contribution < 1.29 is 0 Å². The fraction of sp³-hybridized carbons (Fsp3) is 0.500. The van der Waals surface area contributed by atoms with Crippen molar-refractivity contribution in [2.45, 2.75) is 26.3 Å². The van der Waals surface area contributed by atoms with Crippen LogP contribution >= 0.6 is 0 Å². The van der Waals surface area contributed by atoms with E-state index in [1.807, 2.05) is 19.3 Å². The molecule has 0 amide bonds. The predicted octanol–water partition coefficient (Wildman–Crippen LogP) is 1.17. The molecule has 7 nitrogen and oxygen atoms in total. The summed E-state index contributed by atoms with van der Waals surface area (Å²) in [7, 11) is 1.86. The van der Waals surface area contributed by atoms with Gasteiger partial charge in [-0.05, 0) is 6.42 Å². The molecule has 2 aromatic rings. The van der Waals surface area contributed by atoms with Crippen LogP contribution in [0.4, 0.5) is 11.6 Å². The van der Waals surface area contributed by atoms with Crippen LogP contribution in [-0.4, -0.2) is 38.6 Å². The summed E-state index contributed by atoms with van der Waals surface area (Å²) >= 11 is 0. The fourth-order valence-corrected chi connectivity index (χ4v) is 1.70. The second kappa shape index (κ2) is 6.67. The van der Waals surface area contributed by atoms with Crippen LogP contribution in [0, 0.1) is 0 Å². The quantitative estimate of drug-likeness (QED) is 0.779. The van der Waals surface area contributed by atoms with Crippen molar-refractivity contribution in [1.29, 1.82) is 0 Å². The number of hydrogen-bond acceptors (Lipinski definition) is 6. The summed E-state index contributed by atoms with van der Waals surface area (Å²) in [5.41, 5.74) is 0. The maximum atomic E-state index is 4.48. The monoisotopic (exact) mass is 261 g/mol. The third-order valence-corrected chi connectivity index (χ3v) is 2.62. The van der Waals surface area contributed by atoms with Gasteiger partial charge in [0.05, 0.1) is 12.7 Å². The second-order valence-electron chi connectivity index (χ2n) is 4.15. The fourth-order valence-electron chi connectivity index (χ4n) is 1.70. The minimum atomic E-state index is 0.745. The summed E-state index contributed by atoms with van der Waals surface area (Å²) in [6.07, 6.45) is 5.42. The molecule has 0 saturated heterocycles. The highest BCUT2D eigenvalue weighted by molar-refractivity contribution is 5.47. The Bertz CT molecular complexity index is 495. The maximum Gasteiger partial charge on any atom is 0.133 e. The first kappa shape index (κ1) is 13.3. The van der Waals surface area contributed by atoms with Crippen LogP contribution in [0.1, 0.15) is 19.2 Å². The highest BCUT2D eigenvalue weighted by Crippen LogP contribution is 2.11. The molecule has 0 spiro atoms. The van der Waals surface area contributed by atoms with Crippen LogP contribution in [0.5, 0.6) is 0 Å². The van der Waals surface area contributed by atoms with Gasteiger partial charge in [-0.15, -0.1) is 5.10 Å². The van der Waals surface area contributed by atoms with Gasteiger partial charge in [-0.2, -0.15) is 0 Å². The van der Waals surface area contributed by atoms with Crippen LogP contribution in [-0.2, 0) is 13.0 Å². The summed E-state index contributed by atoms with van der Waals surface area (Å²) in [6, 6.07) is 1.90. The molecule has 7 heteroatoms. The Morgan fingerprint density at radius 2 is 2.11 bits per heavy atom. The molecule has 0 fully saturated rings. The topological polar surface area (TPSA) is 80.5 Å². The minimum absolute atomic E-state index is 0.745. The Morgan fingerprint density at radius 1 is 1.26 bits per heavy atom. The molecule has 2 heterocycles. The molecular weight excluding hydrogens is 242 g/mol. The van der Waals surface area contributed by atoms with E-state index < -0.39 is 0 Å². The number of hydrogen-bond donors (Lipinski definition) is 2. The van der Waals surface area contributed by atoms with Crippen molar-refractivity contribution in [1.82, 2.24) is 25.0 Å². The lowest BCUT2D eigenvalue weighted by Gasteiger charge is -2.09. The van der Waals surface area contributed by atoms with Gasteiger partial charge < -0.3 is 10.6 Å². The molecule has 0 aliphatic carbocycles. The van der Waals surface area contributed by atoms with Crippen LogP contribution in [0.2, 0.25) is 0 Å². The van der Waals surface area contributed by atoms with Gasteiger partial charge in [0.1, 0.15) is 17.5 Å².